The molecule has 1 atom stereocenters. The fourth-order valence-corrected chi connectivity index (χ4v) is 1.80. The predicted molar refractivity (Wildman–Crippen MR) is 53.6 cm³/mol. The van der Waals surface area contributed by atoms with E-state index in [2.05, 4.69) is 30.7 Å². The maximum atomic E-state index is 4.34. The van der Waals surface area contributed by atoms with E-state index in [1.54, 1.807) is 0 Å². The largest absolute Gasteiger partial charge is 0.358 e. The summed E-state index contributed by atoms with van der Waals surface area (Å²) < 4.78 is 0. The first-order valence-electron chi connectivity index (χ1n) is 4.87. The van der Waals surface area contributed by atoms with Crippen molar-refractivity contribution in [3.05, 3.63) is 0 Å². The van der Waals surface area contributed by atoms with Crippen molar-refractivity contribution in [2.75, 3.05) is 13.6 Å². The van der Waals surface area contributed by atoms with Gasteiger partial charge in [-0.2, -0.15) is 0 Å². The Labute approximate surface area is 75.7 Å². The molecule has 0 radical (unpaired) electrons. The molecule has 1 fully saturated rings. The molecule has 1 heterocycles. The minimum Gasteiger partial charge on any atom is -0.358 e. The van der Waals surface area contributed by atoms with Crippen LogP contribution in [0.4, 0.5) is 0 Å². The molecule has 1 unspecified atom stereocenters. The van der Waals surface area contributed by atoms with E-state index in [1.807, 2.05) is 7.05 Å². The molecule has 2 heteroatoms. The van der Waals surface area contributed by atoms with E-state index in [0.29, 0.717) is 6.04 Å². The van der Waals surface area contributed by atoms with Gasteiger partial charge in [0, 0.05) is 26.1 Å². The minimum absolute atomic E-state index is 0.608. The minimum atomic E-state index is 0.608. The molecule has 0 amide bonds. The van der Waals surface area contributed by atoms with Crippen molar-refractivity contribution in [3.8, 4) is 0 Å². The molecule has 0 saturated carbocycles. The molecule has 0 aliphatic carbocycles. The molecule has 0 spiro atoms. The summed E-state index contributed by atoms with van der Waals surface area (Å²) in [5.41, 5.74) is 0. The van der Waals surface area contributed by atoms with Crippen molar-refractivity contribution in [3.63, 3.8) is 0 Å². The highest BCUT2D eigenvalue weighted by molar-refractivity contribution is 5.83. The second-order valence-corrected chi connectivity index (χ2v) is 4.02. The Bertz CT molecular complexity index is 173. The average Bonchev–Trinajstić information content (AvgIpc) is 2.03. The van der Waals surface area contributed by atoms with Gasteiger partial charge in [0.2, 0.25) is 0 Å². The summed E-state index contributed by atoms with van der Waals surface area (Å²) >= 11 is 0. The number of aliphatic imine (C=N–C) groups is 1. The van der Waals surface area contributed by atoms with Crippen LogP contribution in [0.3, 0.4) is 0 Å². The van der Waals surface area contributed by atoms with Gasteiger partial charge in [0.25, 0.3) is 0 Å². The Morgan fingerprint density at radius 3 is 2.67 bits per heavy atom. The maximum absolute atomic E-state index is 4.34. The summed E-state index contributed by atoms with van der Waals surface area (Å²) in [4.78, 5) is 6.76. The fraction of sp³-hybridized carbons (Fsp3) is 0.900. The zero-order valence-corrected chi connectivity index (χ0v) is 8.67. The van der Waals surface area contributed by atoms with Crippen LogP contribution in [0.5, 0.6) is 0 Å². The third kappa shape index (κ3) is 1.99. The highest BCUT2D eigenvalue weighted by atomic mass is 15.2. The Morgan fingerprint density at radius 2 is 2.17 bits per heavy atom. The van der Waals surface area contributed by atoms with Crippen molar-refractivity contribution in [1.29, 1.82) is 0 Å². The smallest absolute Gasteiger partial charge is 0.0990 e. The van der Waals surface area contributed by atoms with Gasteiger partial charge in [-0.25, -0.2) is 0 Å². The van der Waals surface area contributed by atoms with Gasteiger partial charge in [0.1, 0.15) is 0 Å². The van der Waals surface area contributed by atoms with E-state index in [-0.39, 0.29) is 0 Å². The van der Waals surface area contributed by atoms with Crippen molar-refractivity contribution in [1.82, 2.24) is 4.90 Å². The van der Waals surface area contributed by atoms with Crippen LogP contribution < -0.4 is 0 Å². The number of amidine groups is 1. The number of hydrogen-bond donors (Lipinski definition) is 0. The highest BCUT2D eigenvalue weighted by Gasteiger charge is 2.22. The average molecular weight is 168 g/mol. The van der Waals surface area contributed by atoms with E-state index in [9.17, 15) is 0 Å². The molecule has 0 aromatic heterocycles. The molecular formula is C10H20N2. The van der Waals surface area contributed by atoms with Gasteiger partial charge in [-0.1, -0.05) is 6.92 Å². The summed E-state index contributed by atoms with van der Waals surface area (Å²) in [5.74, 6) is 2.11. The molecule has 12 heavy (non-hydrogen) atoms. The molecular weight excluding hydrogens is 148 g/mol. The highest BCUT2D eigenvalue weighted by Crippen LogP contribution is 2.20. The summed E-state index contributed by atoms with van der Waals surface area (Å²) in [7, 11) is 1.91. The third-order valence-electron chi connectivity index (χ3n) is 2.61. The first-order valence-corrected chi connectivity index (χ1v) is 4.87. The lowest BCUT2D eigenvalue weighted by molar-refractivity contribution is 0.280. The van der Waals surface area contributed by atoms with Crippen molar-refractivity contribution >= 4 is 5.84 Å². The third-order valence-corrected chi connectivity index (χ3v) is 2.61. The zero-order chi connectivity index (χ0) is 9.14. The van der Waals surface area contributed by atoms with Gasteiger partial charge in [-0.3, -0.25) is 4.99 Å². The first kappa shape index (κ1) is 9.56. The van der Waals surface area contributed by atoms with Crippen LogP contribution >= 0.6 is 0 Å². The molecule has 1 rings (SSSR count). The van der Waals surface area contributed by atoms with Gasteiger partial charge >= 0.3 is 0 Å². The molecule has 1 aliphatic heterocycles. The molecule has 0 bridgehead atoms. The first-order chi connectivity index (χ1) is 5.65. The standard InChI is InChI=1S/C10H20N2/c1-8(2)12-6-5-9(3)7-10(12)11-4/h8-9H,5-7H2,1-4H3. The monoisotopic (exact) mass is 168 g/mol. The Kier molecular flexibility index (Phi) is 3.12. The van der Waals surface area contributed by atoms with Gasteiger partial charge in [-0.05, 0) is 26.2 Å². The van der Waals surface area contributed by atoms with Crippen molar-refractivity contribution < 1.29 is 0 Å². The van der Waals surface area contributed by atoms with Crippen LogP contribution in [0.25, 0.3) is 0 Å². The van der Waals surface area contributed by atoms with E-state index >= 15 is 0 Å². The molecule has 1 saturated heterocycles. The molecule has 0 aromatic rings. The van der Waals surface area contributed by atoms with Gasteiger partial charge < -0.3 is 4.90 Å². The number of piperidine rings is 1. The Morgan fingerprint density at radius 1 is 1.50 bits per heavy atom. The second-order valence-electron chi connectivity index (χ2n) is 4.02. The van der Waals surface area contributed by atoms with Gasteiger partial charge in [0.05, 0.1) is 5.84 Å². The van der Waals surface area contributed by atoms with Crippen molar-refractivity contribution in [2.24, 2.45) is 10.9 Å². The quantitative estimate of drug-likeness (QED) is 0.586. The molecule has 2 nitrogen and oxygen atoms in total. The molecule has 1 aliphatic rings. The number of nitrogens with zero attached hydrogens (tertiary/aromatic N) is 2. The van der Waals surface area contributed by atoms with E-state index in [1.165, 1.54) is 18.8 Å². The van der Waals surface area contributed by atoms with Crippen LogP contribution in [0.2, 0.25) is 0 Å². The van der Waals surface area contributed by atoms with Crippen molar-refractivity contribution in [2.45, 2.75) is 39.7 Å². The van der Waals surface area contributed by atoms with Crippen LogP contribution in [0, 0.1) is 5.92 Å². The SMILES string of the molecule is CN=C1CC(C)CCN1C(C)C. The van der Waals surface area contributed by atoms with Crippen LogP contribution in [0.1, 0.15) is 33.6 Å². The van der Waals surface area contributed by atoms with Crippen LogP contribution in [0.15, 0.2) is 4.99 Å². The van der Waals surface area contributed by atoms with E-state index in [0.717, 1.165) is 12.3 Å². The lowest BCUT2D eigenvalue weighted by Gasteiger charge is -2.36. The normalized spacial score (nSPS) is 28.6. The van der Waals surface area contributed by atoms with E-state index in [4.69, 9.17) is 0 Å². The fourth-order valence-electron chi connectivity index (χ4n) is 1.80. The molecule has 70 valence electrons. The zero-order valence-electron chi connectivity index (χ0n) is 8.67. The van der Waals surface area contributed by atoms with Gasteiger partial charge in [0.15, 0.2) is 0 Å². The maximum Gasteiger partial charge on any atom is 0.0990 e. The summed E-state index contributed by atoms with van der Waals surface area (Å²) in [6.45, 7) is 7.97. The number of likely N-dealkylation sites (tertiary alicyclic amines) is 1. The lowest BCUT2D eigenvalue weighted by Crippen LogP contribution is -2.42. The topological polar surface area (TPSA) is 15.6 Å². The molecule has 0 aromatic carbocycles. The summed E-state index contributed by atoms with van der Waals surface area (Å²) in [6.07, 6.45) is 2.48. The number of hydrogen-bond acceptors (Lipinski definition) is 1. The Hall–Kier alpha value is -0.530. The lowest BCUT2D eigenvalue weighted by atomic mass is 9.97. The summed E-state index contributed by atoms with van der Waals surface area (Å²) in [5, 5.41) is 0. The van der Waals surface area contributed by atoms with Crippen LogP contribution in [-0.2, 0) is 0 Å². The predicted octanol–water partition coefficient (Wildman–Crippen LogP) is 2.16. The second kappa shape index (κ2) is 3.92. The Balaban J connectivity index is 2.63. The van der Waals surface area contributed by atoms with Gasteiger partial charge in [-0.15, -0.1) is 0 Å². The molecule has 0 N–H and O–H groups in total. The van der Waals surface area contributed by atoms with Crippen LogP contribution in [-0.4, -0.2) is 30.4 Å². The van der Waals surface area contributed by atoms with E-state index < -0.39 is 0 Å². The summed E-state index contributed by atoms with van der Waals surface area (Å²) in [6, 6.07) is 0.608. The number of rotatable bonds is 1.